The van der Waals surface area contributed by atoms with E-state index in [9.17, 15) is 5.11 Å². The summed E-state index contributed by atoms with van der Waals surface area (Å²) < 4.78 is 0. The van der Waals surface area contributed by atoms with Gasteiger partial charge >= 0.3 is 0 Å². The van der Waals surface area contributed by atoms with Crippen molar-refractivity contribution in [2.75, 3.05) is 32.6 Å². The molecule has 112 valence electrons. The average molecular weight is 300 g/mol. The molecule has 0 bridgehead atoms. The smallest absolute Gasteiger partial charge is 0.140 e. The van der Waals surface area contributed by atoms with E-state index in [-0.39, 0.29) is 6.10 Å². The number of likely N-dealkylation sites (tertiary alicyclic amines) is 1. The summed E-state index contributed by atoms with van der Waals surface area (Å²) in [6.45, 7) is 2.17. The molecule has 4 N–H and O–H groups in total. The molecule has 1 fully saturated rings. The van der Waals surface area contributed by atoms with E-state index < -0.39 is 0 Å². The van der Waals surface area contributed by atoms with E-state index in [2.05, 4.69) is 20.2 Å². The van der Waals surface area contributed by atoms with Crippen LogP contribution in [0.3, 0.4) is 0 Å². The largest absolute Gasteiger partial charge is 0.392 e. The third-order valence-electron chi connectivity index (χ3n) is 3.50. The van der Waals surface area contributed by atoms with E-state index in [0.29, 0.717) is 30.0 Å². The van der Waals surface area contributed by atoms with Gasteiger partial charge in [0.1, 0.15) is 5.82 Å². The number of rotatable bonds is 5. The van der Waals surface area contributed by atoms with Gasteiger partial charge in [-0.05, 0) is 32.6 Å². The van der Waals surface area contributed by atoms with Crippen LogP contribution in [0.25, 0.3) is 0 Å². The molecule has 6 nitrogen and oxygen atoms in total. The van der Waals surface area contributed by atoms with E-state index in [0.717, 1.165) is 18.7 Å². The lowest BCUT2D eigenvalue weighted by molar-refractivity contribution is 0.168. The monoisotopic (exact) mass is 299 g/mol. The molecule has 2 unspecified atom stereocenters. The fraction of sp³-hybridized carbons (Fsp3) is 0.615. The molecule has 1 saturated heterocycles. The molecule has 0 spiro atoms. The van der Waals surface area contributed by atoms with Crippen LogP contribution < -0.4 is 11.3 Å². The van der Waals surface area contributed by atoms with Gasteiger partial charge < -0.3 is 15.4 Å². The molecule has 7 heteroatoms. The van der Waals surface area contributed by atoms with Crippen LogP contribution in [-0.2, 0) is 6.54 Å². The highest BCUT2D eigenvalue weighted by Gasteiger charge is 2.31. The lowest BCUT2D eigenvalue weighted by Crippen LogP contribution is -2.37. The maximum atomic E-state index is 9.89. The molecule has 2 heterocycles. The van der Waals surface area contributed by atoms with Crippen molar-refractivity contribution >= 4 is 17.4 Å². The van der Waals surface area contributed by atoms with Crippen LogP contribution in [0.4, 0.5) is 5.82 Å². The Morgan fingerprint density at radius 1 is 1.55 bits per heavy atom. The number of pyridine rings is 1. The van der Waals surface area contributed by atoms with Gasteiger partial charge in [0.25, 0.3) is 0 Å². The summed E-state index contributed by atoms with van der Waals surface area (Å²) in [4.78, 5) is 8.74. The molecule has 0 amide bonds. The molecule has 0 aromatic carbocycles. The van der Waals surface area contributed by atoms with Crippen LogP contribution in [0.5, 0.6) is 0 Å². The van der Waals surface area contributed by atoms with Gasteiger partial charge in [-0.1, -0.05) is 11.6 Å². The number of nitrogens with two attached hydrogens (primary N) is 1. The van der Waals surface area contributed by atoms with Crippen molar-refractivity contribution in [3.8, 4) is 0 Å². The lowest BCUT2D eigenvalue weighted by Gasteiger charge is -2.26. The molecule has 2 atom stereocenters. The fourth-order valence-corrected chi connectivity index (χ4v) is 2.80. The number of anilines is 1. The number of nitrogens with one attached hydrogen (secondary N) is 1. The van der Waals surface area contributed by atoms with Gasteiger partial charge in [-0.25, -0.2) is 10.8 Å². The minimum atomic E-state index is -0.283. The fourth-order valence-electron chi connectivity index (χ4n) is 2.63. The molecule has 0 saturated carbocycles. The molecule has 1 aliphatic heterocycles. The van der Waals surface area contributed by atoms with Crippen LogP contribution in [0.15, 0.2) is 12.1 Å². The standard InChI is InChI=1S/C13H22ClN5O/c1-18(2)6-9-5-10(20)7-19(9)8-12-11(14)3-4-13(16-12)17-15/h3-4,9-10,20H,5-8,15H2,1-2H3,(H,16,17). The van der Waals surface area contributed by atoms with Crippen LogP contribution in [0.2, 0.25) is 5.02 Å². The van der Waals surface area contributed by atoms with Gasteiger partial charge in [0.2, 0.25) is 0 Å². The third kappa shape index (κ3) is 3.80. The summed E-state index contributed by atoms with van der Waals surface area (Å²) >= 11 is 6.19. The Morgan fingerprint density at radius 3 is 2.95 bits per heavy atom. The number of aliphatic hydroxyl groups is 1. The Bertz CT molecular complexity index is 456. The Labute approximate surface area is 124 Å². The van der Waals surface area contributed by atoms with Crippen LogP contribution in [0.1, 0.15) is 12.1 Å². The van der Waals surface area contributed by atoms with Gasteiger partial charge in [-0.3, -0.25) is 4.90 Å². The second-order valence-corrected chi connectivity index (χ2v) is 5.91. The molecule has 1 aromatic heterocycles. The summed E-state index contributed by atoms with van der Waals surface area (Å²) in [5.41, 5.74) is 3.30. The predicted octanol–water partition coefficient (Wildman–Crippen LogP) is 0.517. The van der Waals surface area contributed by atoms with Gasteiger partial charge in [0.15, 0.2) is 0 Å². The van der Waals surface area contributed by atoms with Crippen molar-refractivity contribution < 1.29 is 5.11 Å². The summed E-state index contributed by atoms with van der Waals surface area (Å²) in [5, 5.41) is 10.5. The third-order valence-corrected chi connectivity index (χ3v) is 3.85. The van der Waals surface area contributed by atoms with Gasteiger partial charge in [-0.15, -0.1) is 0 Å². The van der Waals surface area contributed by atoms with Crippen LogP contribution in [0, 0.1) is 0 Å². The SMILES string of the molecule is CN(C)CC1CC(O)CN1Cc1nc(NN)ccc1Cl. The van der Waals surface area contributed by atoms with Crippen molar-refractivity contribution in [2.45, 2.75) is 25.1 Å². The van der Waals surface area contributed by atoms with E-state index in [1.165, 1.54) is 0 Å². The van der Waals surface area contributed by atoms with E-state index in [1.807, 2.05) is 14.1 Å². The Morgan fingerprint density at radius 2 is 2.30 bits per heavy atom. The van der Waals surface area contributed by atoms with Gasteiger partial charge in [0.05, 0.1) is 16.8 Å². The number of hydrazine groups is 1. The Balaban J connectivity index is 2.11. The van der Waals surface area contributed by atoms with Gasteiger partial charge in [-0.2, -0.15) is 0 Å². The van der Waals surface area contributed by atoms with Crippen molar-refractivity contribution in [1.82, 2.24) is 14.8 Å². The zero-order valence-corrected chi connectivity index (χ0v) is 12.6. The summed E-state index contributed by atoms with van der Waals surface area (Å²) in [6, 6.07) is 3.83. The second kappa shape index (κ2) is 6.69. The van der Waals surface area contributed by atoms with Crippen molar-refractivity contribution in [3.05, 3.63) is 22.8 Å². The molecular weight excluding hydrogens is 278 g/mol. The Hall–Kier alpha value is -0.920. The topological polar surface area (TPSA) is 77.7 Å². The first kappa shape index (κ1) is 15.5. The summed E-state index contributed by atoms with van der Waals surface area (Å²) in [7, 11) is 4.07. The lowest BCUT2D eigenvalue weighted by atomic mass is 10.2. The first-order valence-corrected chi connectivity index (χ1v) is 7.06. The van der Waals surface area contributed by atoms with Crippen molar-refractivity contribution in [2.24, 2.45) is 5.84 Å². The first-order chi connectivity index (χ1) is 9.49. The molecule has 1 aliphatic rings. The number of hydrogen-bond acceptors (Lipinski definition) is 6. The van der Waals surface area contributed by atoms with Crippen LogP contribution in [-0.4, -0.2) is 59.2 Å². The first-order valence-electron chi connectivity index (χ1n) is 6.68. The minimum absolute atomic E-state index is 0.283. The van der Waals surface area contributed by atoms with E-state index in [4.69, 9.17) is 17.4 Å². The van der Waals surface area contributed by atoms with Crippen LogP contribution >= 0.6 is 11.6 Å². The number of hydrogen-bond donors (Lipinski definition) is 3. The maximum absolute atomic E-state index is 9.89. The highest BCUT2D eigenvalue weighted by molar-refractivity contribution is 6.31. The summed E-state index contributed by atoms with van der Waals surface area (Å²) in [5.74, 6) is 5.97. The number of halogens is 1. The molecular formula is C13H22ClN5O. The highest BCUT2D eigenvalue weighted by Crippen LogP contribution is 2.24. The summed E-state index contributed by atoms with van der Waals surface area (Å²) in [6.07, 6.45) is 0.500. The minimum Gasteiger partial charge on any atom is -0.392 e. The normalized spacial score (nSPS) is 23.5. The van der Waals surface area contributed by atoms with E-state index >= 15 is 0 Å². The number of aliphatic hydroxyl groups excluding tert-OH is 1. The quantitative estimate of drug-likeness (QED) is 0.543. The number of aromatic nitrogens is 1. The Kier molecular flexibility index (Phi) is 5.17. The van der Waals surface area contributed by atoms with Crippen molar-refractivity contribution in [3.63, 3.8) is 0 Å². The maximum Gasteiger partial charge on any atom is 0.140 e. The molecule has 0 radical (unpaired) electrons. The molecule has 2 rings (SSSR count). The number of nitrogens with zero attached hydrogens (tertiary/aromatic N) is 3. The number of β-amino-alcohol motifs (C(OH)–C–C–N with tert-alkyl or cyclic N) is 1. The van der Waals surface area contributed by atoms with Crippen molar-refractivity contribution in [1.29, 1.82) is 0 Å². The molecule has 20 heavy (non-hydrogen) atoms. The van der Waals surface area contributed by atoms with Gasteiger partial charge in [0, 0.05) is 25.7 Å². The number of likely N-dealkylation sites (N-methyl/N-ethyl adjacent to an activating group) is 1. The molecule has 0 aliphatic carbocycles. The number of nitrogen functional groups attached to an aromatic ring is 1. The van der Waals surface area contributed by atoms with E-state index in [1.54, 1.807) is 12.1 Å². The second-order valence-electron chi connectivity index (χ2n) is 5.50. The molecule has 1 aromatic rings. The zero-order chi connectivity index (χ0) is 14.7. The zero-order valence-electron chi connectivity index (χ0n) is 11.9. The average Bonchev–Trinajstić information content (AvgIpc) is 2.71. The highest BCUT2D eigenvalue weighted by atomic mass is 35.5. The predicted molar refractivity (Wildman–Crippen MR) is 80.4 cm³/mol.